The molecule has 1 fully saturated rings. The molecule has 3 heterocycles. The van der Waals surface area contributed by atoms with Crippen LogP contribution in [-0.2, 0) is 20.5 Å². The van der Waals surface area contributed by atoms with Gasteiger partial charge in [-0.25, -0.2) is 13.4 Å². The van der Waals surface area contributed by atoms with E-state index in [0.29, 0.717) is 26.3 Å². The van der Waals surface area contributed by atoms with E-state index >= 15 is 0 Å². The zero-order valence-electron chi connectivity index (χ0n) is 13.7. The lowest BCUT2D eigenvalue weighted by molar-refractivity contribution is 0.0729. The molecule has 4 rings (SSSR count). The molecule has 0 saturated carbocycles. The fourth-order valence-corrected chi connectivity index (χ4v) is 4.62. The minimum Gasteiger partial charge on any atom is -0.379 e. The van der Waals surface area contributed by atoms with E-state index in [4.69, 9.17) is 4.74 Å². The van der Waals surface area contributed by atoms with Crippen molar-refractivity contribution in [2.45, 2.75) is 5.75 Å². The number of nitrogens with zero attached hydrogens (tertiary/aromatic N) is 2. The molecule has 7 heteroatoms. The van der Waals surface area contributed by atoms with Crippen molar-refractivity contribution in [2.24, 2.45) is 0 Å². The molecule has 0 unspecified atom stereocenters. The highest BCUT2D eigenvalue weighted by atomic mass is 32.2. The molecular formula is C18H19N3O3S. The predicted octanol–water partition coefficient (Wildman–Crippen LogP) is 2.39. The number of hydrogen-bond acceptors (Lipinski definition) is 4. The molecule has 0 radical (unpaired) electrons. The Morgan fingerprint density at radius 3 is 2.60 bits per heavy atom. The molecule has 0 amide bonds. The van der Waals surface area contributed by atoms with Gasteiger partial charge in [-0.1, -0.05) is 24.3 Å². The second kappa shape index (κ2) is 6.59. The first kappa shape index (κ1) is 16.3. The van der Waals surface area contributed by atoms with Crippen molar-refractivity contribution in [2.75, 3.05) is 26.3 Å². The number of pyridine rings is 1. The first-order chi connectivity index (χ1) is 12.1. The highest BCUT2D eigenvalue weighted by Gasteiger charge is 2.24. The van der Waals surface area contributed by atoms with E-state index < -0.39 is 10.0 Å². The van der Waals surface area contributed by atoms with Gasteiger partial charge < -0.3 is 9.72 Å². The van der Waals surface area contributed by atoms with Crippen molar-refractivity contribution in [3.8, 4) is 11.1 Å². The Balaban J connectivity index is 1.57. The van der Waals surface area contributed by atoms with Crippen molar-refractivity contribution in [1.82, 2.24) is 14.3 Å². The van der Waals surface area contributed by atoms with Crippen LogP contribution in [-0.4, -0.2) is 49.0 Å². The third kappa shape index (κ3) is 3.30. The van der Waals surface area contributed by atoms with Crippen LogP contribution in [0.1, 0.15) is 5.56 Å². The number of aromatic amines is 1. The van der Waals surface area contributed by atoms with Crippen LogP contribution in [0.5, 0.6) is 0 Å². The Labute approximate surface area is 146 Å². The Morgan fingerprint density at radius 2 is 1.84 bits per heavy atom. The molecule has 130 valence electrons. The van der Waals surface area contributed by atoms with Gasteiger partial charge in [0.15, 0.2) is 0 Å². The van der Waals surface area contributed by atoms with Gasteiger partial charge in [-0.2, -0.15) is 4.31 Å². The van der Waals surface area contributed by atoms with Crippen LogP contribution in [0, 0.1) is 0 Å². The standard InChI is InChI=1S/C18H19N3O3S/c22-25(23,21-9-11-24-12-10-21)13-14-1-3-15(4-2-14)16-5-7-19-18-17(16)6-8-20-18/h1-8H,9-13H2,(H,19,20). The molecular weight excluding hydrogens is 338 g/mol. The number of hydrogen-bond donors (Lipinski definition) is 1. The molecule has 1 saturated heterocycles. The first-order valence-corrected chi connectivity index (χ1v) is 9.81. The fraction of sp³-hybridized carbons (Fsp3) is 0.278. The van der Waals surface area contributed by atoms with Crippen molar-refractivity contribution < 1.29 is 13.2 Å². The van der Waals surface area contributed by atoms with Crippen LogP contribution in [0.2, 0.25) is 0 Å². The topological polar surface area (TPSA) is 75.3 Å². The average molecular weight is 357 g/mol. The molecule has 1 aliphatic heterocycles. The molecule has 0 atom stereocenters. The van der Waals surface area contributed by atoms with Gasteiger partial charge in [0.2, 0.25) is 10.0 Å². The molecule has 0 bridgehead atoms. The van der Waals surface area contributed by atoms with Crippen LogP contribution in [0.4, 0.5) is 0 Å². The number of H-pyrrole nitrogens is 1. The van der Waals surface area contributed by atoms with E-state index in [2.05, 4.69) is 9.97 Å². The summed E-state index contributed by atoms with van der Waals surface area (Å²) in [5, 5.41) is 1.05. The van der Waals surface area contributed by atoms with Gasteiger partial charge in [-0.3, -0.25) is 0 Å². The number of rotatable bonds is 4. The number of benzene rings is 1. The van der Waals surface area contributed by atoms with Gasteiger partial charge in [-0.15, -0.1) is 0 Å². The zero-order chi connectivity index (χ0) is 17.3. The summed E-state index contributed by atoms with van der Waals surface area (Å²) in [7, 11) is -3.30. The highest BCUT2D eigenvalue weighted by Crippen LogP contribution is 2.27. The summed E-state index contributed by atoms with van der Waals surface area (Å²) in [5.74, 6) is 0.0171. The van der Waals surface area contributed by atoms with Gasteiger partial charge in [0.1, 0.15) is 5.65 Å². The summed E-state index contributed by atoms with van der Waals surface area (Å²) >= 11 is 0. The van der Waals surface area contributed by atoms with Crippen LogP contribution >= 0.6 is 0 Å². The second-order valence-corrected chi connectivity index (χ2v) is 8.03. The summed E-state index contributed by atoms with van der Waals surface area (Å²) in [6.45, 7) is 1.80. The normalized spacial score (nSPS) is 16.3. The number of fused-ring (bicyclic) bond motifs is 1. The molecule has 1 aliphatic rings. The first-order valence-electron chi connectivity index (χ1n) is 8.20. The van der Waals surface area contributed by atoms with Crippen LogP contribution in [0.15, 0.2) is 48.8 Å². The van der Waals surface area contributed by atoms with E-state index in [0.717, 1.165) is 27.7 Å². The van der Waals surface area contributed by atoms with Gasteiger partial charge >= 0.3 is 0 Å². The Kier molecular flexibility index (Phi) is 4.29. The lowest BCUT2D eigenvalue weighted by Crippen LogP contribution is -2.41. The van der Waals surface area contributed by atoms with Gasteiger partial charge in [0.05, 0.1) is 19.0 Å². The average Bonchev–Trinajstić information content (AvgIpc) is 3.12. The molecule has 1 aromatic carbocycles. The van der Waals surface area contributed by atoms with Gasteiger partial charge in [0, 0.05) is 30.9 Å². The zero-order valence-corrected chi connectivity index (χ0v) is 14.5. The minimum atomic E-state index is -3.30. The number of nitrogens with one attached hydrogen (secondary N) is 1. The summed E-state index contributed by atoms with van der Waals surface area (Å²) in [6.07, 6.45) is 3.63. The molecule has 3 aromatic rings. The monoisotopic (exact) mass is 357 g/mol. The maximum Gasteiger partial charge on any atom is 0.218 e. The third-order valence-electron chi connectivity index (χ3n) is 4.44. The minimum absolute atomic E-state index is 0.0171. The number of morpholine rings is 1. The Bertz CT molecular complexity index is 974. The maximum atomic E-state index is 12.5. The number of aromatic nitrogens is 2. The molecule has 6 nitrogen and oxygen atoms in total. The Morgan fingerprint density at radius 1 is 1.08 bits per heavy atom. The second-order valence-electron chi connectivity index (χ2n) is 6.06. The van der Waals surface area contributed by atoms with Crippen LogP contribution in [0.3, 0.4) is 0 Å². The van der Waals surface area contributed by atoms with Crippen molar-refractivity contribution in [1.29, 1.82) is 0 Å². The number of ether oxygens (including phenoxy) is 1. The maximum absolute atomic E-state index is 12.5. The molecule has 0 aliphatic carbocycles. The Hall–Kier alpha value is -2.22. The largest absolute Gasteiger partial charge is 0.379 e. The van der Waals surface area contributed by atoms with E-state index in [-0.39, 0.29) is 5.75 Å². The van der Waals surface area contributed by atoms with E-state index in [1.165, 1.54) is 4.31 Å². The highest BCUT2D eigenvalue weighted by molar-refractivity contribution is 7.88. The lowest BCUT2D eigenvalue weighted by Gasteiger charge is -2.26. The summed E-state index contributed by atoms with van der Waals surface area (Å²) < 4.78 is 31.8. The van der Waals surface area contributed by atoms with Gasteiger partial charge in [-0.05, 0) is 28.8 Å². The van der Waals surface area contributed by atoms with Crippen molar-refractivity contribution in [3.05, 3.63) is 54.4 Å². The molecule has 0 spiro atoms. The molecule has 1 N–H and O–H groups in total. The smallest absolute Gasteiger partial charge is 0.218 e. The predicted molar refractivity (Wildman–Crippen MR) is 96.5 cm³/mol. The number of sulfonamides is 1. The summed E-state index contributed by atoms with van der Waals surface area (Å²) in [5.41, 5.74) is 3.75. The van der Waals surface area contributed by atoms with Crippen molar-refractivity contribution in [3.63, 3.8) is 0 Å². The summed E-state index contributed by atoms with van der Waals surface area (Å²) in [6, 6.07) is 11.7. The third-order valence-corrected chi connectivity index (χ3v) is 6.29. The SMILES string of the molecule is O=S(=O)(Cc1ccc(-c2ccnc3[nH]ccc23)cc1)N1CCOCC1. The van der Waals surface area contributed by atoms with E-state index in [9.17, 15) is 8.42 Å². The van der Waals surface area contributed by atoms with Gasteiger partial charge in [0.25, 0.3) is 0 Å². The molecule has 25 heavy (non-hydrogen) atoms. The fourth-order valence-electron chi connectivity index (χ4n) is 3.12. The molecule has 2 aromatic heterocycles. The summed E-state index contributed by atoms with van der Waals surface area (Å²) in [4.78, 5) is 7.40. The van der Waals surface area contributed by atoms with E-state index in [1.807, 2.05) is 42.6 Å². The van der Waals surface area contributed by atoms with E-state index in [1.54, 1.807) is 6.20 Å². The van der Waals surface area contributed by atoms with Crippen molar-refractivity contribution >= 4 is 21.1 Å². The lowest BCUT2D eigenvalue weighted by atomic mass is 10.0. The van der Waals surface area contributed by atoms with Crippen LogP contribution < -0.4 is 0 Å². The quantitative estimate of drug-likeness (QED) is 0.778. The van der Waals surface area contributed by atoms with Crippen LogP contribution in [0.25, 0.3) is 22.2 Å².